The van der Waals surface area contributed by atoms with E-state index in [-0.39, 0.29) is 23.4 Å². The van der Waals surface area contributed by atoms with Gasteiger partial charge in [-0.3, -0.25) is 0 Å². The molecule has 3 saturated carbocycles. The van der Waals surface area contributed by atoms with Crippen LogP contribution in [-0.4, -0.2) is 39.8 Å². The van der Waals surface area contributed by atoms with Crippen molar-refractivity contribution < 1.29 is 31.3 Å². The van der Waals surface area contributed by atoms with Crippen LogP contribution in [-0.2, 0) is 36.2 Å². The summed E-state index contributed by atoms with van der Waals surface area (Å²) in [6, 6.07) is 12.0. The Morgan fingerprint density at radius 2 is 1.95 bits per heavy atom. The normalized spacial score (nSPS) is 31.3. The predicted octanol–water partition coefficient (Wildman–Crippen LogP) is 5.72. The number of rotatable bonds is 8. The Hall–Kier alpha value is -2.24. The first-order chi connectivity index (χ1) is 19.5. The highest BCUT2D eigenvalue weighted by atomic mass is 32.2. The van der Waals surface area contributed by atoms with E-state index in [4.69, 9.17) is 18.5 Å². The van der Waals surface area contributed by atoms with E-state index in [2.05, 4.69) is 25.5 Å². The molecule has 5 fully saturated rings. The molecule has 5 aliphatic rings. The zero-order valence-corrected chi connectivity index (χ0v) is 24.6. The number of hydrogen-bond donors (Lipinski definition) is 1. The van der Waals surface area contributed by atoms with Crippen LogP contribution in [0.1, 0.15) is 69.2 Å². The fourth-order valence-electron chi connectivity index (χ4n) is 8.01. The van der Waals surface area contributed by atoms with E-state index >= 15 is 0 Å². The maximum atomic E-state index is 14.3. The van der Waals surface area contributed by atoms with Crippen molar-refractivity contribution in [1.29, 1.82) is 0 Å². The van der Waals surface area contributed by atoms with Gasteiger partial charge in [0.2, 0.25) is 10.0 Å². The zero-order chi connectivity index (χ0) is 28.6. The molecule has 0 spiro atoms. The number of benzene rings is 2. The average molecular weight is 582 g/mol. The molecule has 3 aliphatic carbocycles. The zero-order valence-electron chi connectivity index (χ0n) is 23.8. The van der Waals surface area contributed by atoms with Gasteiger partial charge in [0.25, 0.3) is 0 Å². The molecule has 1 aromatic heterocycles. The highest BCUT2D eigenvalue weighted by Gasteiger charge is 2.68. The van der Waals surface area contributed by atoms with E-state index in [1.54, 1.807) is 12.3 Å². The summed E-state index contributed by atoms with van der Waals surface area (Å²) < 4.78 is 69.7. The van der Waals surface area contributed by atoms with Gasteiger partial charge in [-0.05, 0) is 91.2 Å². The van der Waals surface area contributed by atoms with E-state index in [9.17, 15) is 12.8 Å². The fourth-order valence-corrected chi connectivity index (χ4v) is 9.40. The highest BCUT2D eigenvalue weighted by molar-refractivity contribution is 7.88. The Kier molecular flexibility index (Phi) is 6.67. The third kappa shape index (κ3) is 4.76. The second-order valence-electron chi connectivity index (χ2n) is 13.1. The quantitative estimate of drug-likeness (QED) is 0.343. The Morgan fingerprint density at radius 1 is 1.12 bits per heavy atom. The molecule has 3 aromatic rings. The first-order valence-corrected chi connectivity index (χ1v) is 16.4. The molecule has 41 heavy (non-hydrogen) atoms. The molecule has 2 bridgehead atoms. The van der Waals surface area contributed by atoms with Crippen molar-refractivity contribution in [3.63, 3.8) is 0 Å². The van der Waals surface area contributed by atoms with Crippen LogP contribution in [0.25, 0.3) is 11.0 Å². The molecular weight excluding hydrogens is 544 g/mol. The summed E-state index contributed by atoms with van der Waals surface area (Å²) in [4.78, 5) is 0. The van der Waals surface area contributed by atoms with Crippen LogP contribution in [0.3, 0.4) is 0 Å². The molecule has 2 aliphatic heterocycles. The number of hydrogen-bond acceptors (Lipinski definition) is 6. The van der Waals surface area contributed by atoms with Gasteiger partial charge < -0.3 is 18.5 Å². The summed E-state index contributed by atoms with van der Waals surface area (Å²) in [5, 5.41) is 0.924. The Morgan fingerprint density at radius 3 is 2.73 bits per heavy atom. The van der Waals surface area contributed by atoms with Crippen molar-refractivity contribution in [2.45, 2.75) is 82.4 Å². The number of nitrogens with one attached hydrogen (secondary N) is 1. The van der Waals surface area contributed by atoms with Gasteiger partial charge >= 0.3 is 7.12 Å². The summed E-state index contributed by atoms with van der Waals surface area (Å²) in [5.41, 5.74) is 2.42. The lowest BCUT2D eigenvalue weighted by atomic mass is 9.43. The van der Waals surface area contributed by atoms with E-state index in [1.165, 1.54) is 12.1 Å². The minimum Gasteiger partial charge on any atom is -0.464 e. The summed E-state index contributed by atoms with van der Waals surface area (Å²) in [7, 11) is -4.71. The number of para-hydroxylation sites is 1. The van der Waals surface area contributed by atoms with Crippen LogP contribution in [0, 0.1) is 23.1 Å². The molecule has 0 radical (unpaired) electrons. The lowest BCUT2D eigenvalue weighted by molar-refractivity contribution is -0.199. The molecule has 8 rings (SSSR count). The van der Waals surface area contributed by atoms with Crippen molar-refractivity contribution in [2.75, 3.05) is 6.61 Å². The third-order valence-corrected chi connectivity index (χ3v) is 11.7. The number of halogens is 1. The van der Waals surface area contributed by atoms with Crippen LogP contribution in [0.15, 0.2) is 53.1 Å². The lowest BCUT2D eigenvalue weighted by Crippen LogP contribution is -2.65. The molecular formula is C31H37BFNO6S. The van der Waals surface area contributed by atoms with E-state index in [1.807, 2.05) is 24.3 Å². The summed E-state index contributed by atoms with van der Waals surface area (Å²) in [5.74, 6) is -0.627. The van der Waals surface area contributed by atoms with Gasteiger partial charge in [-0.1, -0.05) is 38.1 Å². The van der Waals surface area contributed by atoms with Crippen molar-refractivity contribution >= 4 is 28.1 Å². The van der Waals surface area contributed by atoms with Crippen molar-refractivity contribution in [1.82, 2.24) is 4.72 Å². The summed E-state index contributed by atoms with van der Waals surface area (Å²) >= 11 is 0. The number of fused-ring (bicyclic) bond motifs is 1. The van der Waals surface area contributed by atoms with Gasteiger partial charge in [0, 0.05) is 12.0 Å². The standard InChI is InChI=1S/C31H37BFNO6S/c1-30(2)21-15-27(30)31(3)28(16-21)39-32(40-31)29(14-19-17-38-26-8-5-4-7-23(19)26)34-41(35,36)18-20-13-22(33)10-11-24(20)25-9-6-12-37-25/h4-5,7-8,10-11,13,17,21,25,27-29,34H,6,9,12,14-16,18H2,1-3H3/t21-,25?,27-,28+,29-,31-/m0/s1. The maximum absolute atomic E-state index is 14.3. The minimum absolute atomic E-state index is 0.0910. The van der Waals surface area contributed by atoms with Gasteiger partial charge in [-0.15, -0.1) is 0 Å². The van der Waals surface area contributed by atoms with Crippen LogP contribution in [0.4, 0.5) is 4.39 Å². The summed E-state index contributed by atoms with van der Waals surface area (Å²) in [6.45, 7) is 7.33. The fraction of sp³-hybridized carbons (Fsp3) is 0.548. The molecule has 7 nitrogen and oxygen atoms in total. The second kappa shape index (κ2) is 9.91. The second-order valence-corrected chi connectivity index (χ2v) is 14.9. The van der Waals surface area contributed by atoms with Crippen LogP contribution in [0.5, 0.6) is 0 Å². The van der Waals surface area contributed by atoms with E-state index < -0.39 is 34.5 Å². The minimum atomic E-state index is -3.94. The van der Waals surface area contributed by atoms with Crippen LogP contribution >= 0.6 is 0 Å². The van der Waals surface area contributed by atoms with Crippen molar-refractivity contribution in [3.8, 4) is 0 Å². The first-order valence-electron chi connectivity index (χ1n) is 14.7. The van der Waals surface area contributed by atoms with Crippen molar-refractivity contribution in [2.24, 2.45) is 17.3 Å². The predicted molar refractivity (Wildman–Crippen MR) is 154 cm³/mol. The molecule has 3 heterocycles. The molecule has 6 atom stereocenters. The van der Waals surface area contributed by atoms with Crippen LogP contribution < -0.4 is 4.72 Å². The SMILES string of the molecule is CC1(C)[C@@H]2C[C@H]3OB([C@H](Cc4coc5ccccc45)NS(=O)(=O)Cc4cc(F)ccc4C4CCCO4)O[C@@]3(C)[C@H]1C2. The molecule has 2 saturated heterocycles. The lowest BCUT2D eigenvalue weighted by Gasteiger charge is -2.64. The van der Waals surface area contributed by atoms with Gasteiger partial charge in [0.15, 0.2) is 0 Å². The van der Waals surface area contributed by atoms with Gasteiger partial charge in [-0.25, -0.2) is 17.5 Å². The molecule has 2 aromatic carbocycles. The Labute approximate surface area is 241 Å². The molecule has 1 unspecified atom stereocenters. The molecule has 218 valence electrons. The average Bonchev–Trinajstić information content (AvgIpc) is 3.66. The summed E-state index contributed by atoms with van der Waals surface area (Å²) in [6.07, 6.45) is 5.36. The third-order valence-electron chi connectivity index (χ3n) is 10.4. The van der Waals surface area contributed by atoms with Crippen molar-refractivity contribution in [3.05, 3.63) is 71.2 Å². The van der Waals surface area contributed by atoms with Crippen LogP contribution in [0.2, 0.25) is 0 Å². The Balaban J connectivity index is 1.19. The van der Waals surface area contributed by atoms with Gasteiger partial charge in [0.1, 0.15) is 11.4 Å². The molecule has 1 N–H and O–H groups in total. The number of sulfonamides is 1. The number of ether oxygens (including phenoxy) is 1. The number of furan rings is 1. The topological polar surface area (TPSA) is 87.0 Å². The van der Waals surface area contributed by atoms with Gasteiger partial charge in [-0.2, -0.15) is 0 Å². The largest absolute Gasteiger partial charge is 0.477 e. The van der Waals surface area contributed by atoms with Gasteiger partial charge in [0.05, 0.1) is 35.8 Å². The van der Waals surface area contributed by atoms with E-state index in [0.29, 0.717) is 30.4 Å². The smallest absolute Gasteiger partial charge is 0.464 e. The molecule has 10 heteroatoms. The van der Waals surface area contributed by atoms with E-state index in [0.717, 1.165) is 47.8 Å². The Bertz CT molecular complexity index is 1570. The highest BCUT2D eigenvalue weighted by Crippen LogP contribution is 2.65. The monoisotopic (exact) mass is 581 g/mol. The molecule has 0 amide bonds. The maximum Gasteiger partial charge on any atom is 0.477 e. The first kappa shape index (κ1) is 27.6.